The highest BCUT2D eigenvalue weighted by molar-refractivity contribution is 6.30. The third kappa shape index (κ3) is 5.83. The second-order valence-electron chi connectivity index (χ2n) is 8.54. The van der Waals surface area contributed by atoms with E-state index >= 15 is 0 Å². The minimum atomic E-state index is -0.888. The van der Waals surface area contributed by atoms with Gasteiger partial charge in [0.05, 0.1) is 5.56 Å². The molecule has 0 aliphatic carbocycles. The molecule has 4 N–H and O–H groups in total. The van der Waals surface area contributed by atoms with Gasteiger partial charge in [0.1, 0.15) is 0 Å². The van der Waals surface area contributed by atoms with Crippen LogP contribution in [0.25, 0.3) is 0 Å². The number of carboxylic acids is 1. The number of benzene rings is 2. The Bertz CT molecular complexity index is 1090. The number of piperidine rings is 1. The first-order valence-corrected chi connectivity index (χ1v) is 11.5. The molecule has 0 atom stereocenters. The lowest BCUT2D eigenvalue weighted by atomic mass is 10.00. The summed E-state index contributed by atoms with van der Waals surface area (Å²) in [6.45, 7) is 5.08. The van der Waals surface area contributed by atoms with Crippen LogP contribution in [-0.2, 0) is 13.0 Å². The number of nitrogens with one attached hydrogen (secondary N) is 1. The number of nitrogens with two attached hydrogens (primary N) is 1. The summed E-state index contributed by atoms with van der Waals surface area (Å²) in [4.78, 5) is 20.5. The van der Waals surface area contributed by atoms with E-state index in [1.165, 1.54) is 5.56 Å². The highest BCUT2D eigenvalue weighted by atomic mass is 35.5. The topological polar surface area (TPSA) is 111 Å². The van der Waals surface area contributed by atoms with Crippen molar-refractivity contribution in [2.24, 2.45) is 0 Å². The van der Waals surface area contributed by atoms with Crippen LogP contribution in [0.4, 0.5) is 11.9 Å². The molecule has 9 heteroatoms. The van der Waals surface area contributed by atoms with Gasteiger partial charge >= 0.3 is 5.97 Å². The number of nitrogens with zero attached hydrogens (tertiary/aromatic N) is 4. The summed E-state index contributed by atoms with van der Waals surface area (Å²) in [6, 6.07) is 14.1. The van der Waals surface area contributed by atoms with Crippen LogP contribution in [0.3, 0.4) is 0 Å². The van der Waals surface area contributed by atoms with E-state index in [1.807, 2.05) is 31.2 Å². The van der Waals surface area contributed by atoms with Gasteiger partial charge in [-0.3, -0.25) is 4.90 Å². The normalized spacial score (nSPS) is 14.7. The van der Waals surface area contributed by atoms with Crippen molar-refractivity contribution < 1.29 is 9.90 Å². The Kier molecular flexibility index (Phi) is 7.15. The van der Waals surface area contributed by atoms with Crippen molar-refractivity contribution in [1.29, 1.82) is 0 Å². The summed E-state index contributed by atoms with van der Waals surface area (Å²) in [5.74, 6) is 0.0785. The first kappa shape index (κ1) is 23.1. The van der Waals surface area contributed by atoms with Crippen molar-refractivity contribution >= 4 is 29.5 Å². The molecule has 0 amide bonds. The van der Waals surface area contributed by atoms with Crippen molar-refractivity contribution in [3.05, 3.63) is 69.7 Å². The molecule has 3 aromatic rings. The van der Waals surface area contributed by atoms with Crippen molar-refractivity contribution in [3.8, 4) is 0 Å². The number of aromatic nitrogens is 3. The number of rotatable bonds is 8. The lowest BCUT2D eigenvalue weighted by molar-refractivity contribution is 0.0696. The highest BCUT2D eigenvalue weighted by Gasteiger charge is 2.26. The fourth-order valence-electron chi connectivity index (χ4n) is 4.38. The van der Waals surface area contributed by atoms with Crippen LogP contribution in [0.1, 0.15) is 39.9 Å². The molecule has 1 saturated heterocycles. The molecule has 1 aliphatic rings. The van der Waals surface area contributed by atoms with Gasteiger partial charge in [-0.15, -0.1) is 5.10 Å². The van der Waals surface area contributed by atoms with E-state index in [1.54, 1.807) is 6.07 Å². The number of aromatic carboxylic acids is 1. The molecule has 174 valence electrons. The summed E-state index contributed by atoms with van der Waals surface area (Å²) in [6.07, 6.45) is 2.83. The summed E-state index contributed by atoms with van der Waals surface area (Å²) < 4.78 is 0. The van der Waals surface area contributed by atoms with E-state index in [-0.39, 0.29) is 0 Å². The third-order valence-electron chi connectivity index (χ3n) is 6.27. The van der Waals surface area contributed by atoms with Gasteiger partial charge in [-0.1, -0.05) is 35.9 Å². The number of nitrogen functional groups attached to an aromatic ring is 1. The van der Waals surface area contributed by atoms with Crippen LogP contribution >= 0.6 is 11.6 Å². The fraction of sp³-hybridized carbons (Fsp3) is 0.375. The van der Waals surface area contributed by atoms with E-state index in [0.29, 0.717) is 30.0 Å². The SMILES string of the molecule is Cc1ccc(CN(CCc2ccc(Cl)cc2)C2CCN(c3n[nH]c(N)n3)CC2)cc1C(=O)O. The number of carboxylic acid groups (broad SMARTS) is 1. The molecule has 1 aromatic heterocycles. The zero-order valence-electron chi connectivity index (χ0n) is 18.7. The minimum Gasteiger partial charge on any atom is -0.478 e. The van der Waals surface area contributed by atoms with E-state index < -0.39 is 5.97 Å². The van der Waals surface area contributed by atoms with Crippen LogP contribution < -0.4 is 10.6 Å². The molecule has 0 radical (unpaired) electrons. The largest absolute Gasteiger partial charge is 0.478 e. The Morgan fingerprint density at radius 2 is 1.91 bits per heavy atom. The van der Waals surface area contributed by atoms with Crippen LogP contribution in [-0.4, -0.2) is 56.8 Å². The van der Waals surface area contributed by atoms with Crippen molar-refractivity contribution in [2.45, 2.75) is 38.8 Å². The molecule has 1 aliphatic heterocycles. The molecule has 2 heterocycles. The van der Waals surface area contributed by atoms with Crippen LogP contribution in [0, 0.1) is 6.92 Å². The maximum atomic E-state index is 11.6. The average Bonchev–Trinajstić information content (AvgIpc) is 3.25. The van der Waals surface area contributed by atoms with Gasteiger partial charge in [0, 0.05) is 37.2 Å². The molecule has 2 aromatic carbocycles. The molecule has 4 rings (SSSR count). The number of hydrogen-bond donors (Lipinski definition) is 3. The average molecular weight is 469 g/mol. The Hall–Kier alpha value is -3.10. The number of aryl methyl sites for hydroxylation is 1. The number of halogens is 1. The van der Waals surface area contributed by atoms with E-state index in [0.717, 1.165) is 55.0 Å². The van der Waals surface area contributed by atoms with Gasteiger partial charge in [-0.05, 0) is 61.1 Å². The van der Waals surface area contributed by atoms with Crippen LogP contribution in [0.5, 0.6) is 0 Å². The lowest BCUT2D eigenvalue weighted by Crippen LogP contribution is -2.45. The molecular formula is C24H29ClN6O2. The van der Waals surface area contributed by atoms with Gasteiger partial charge in [-0.2, -0.15) is 4.98 Å². The van der Waals surface area contributed by atoms with Gasteiger partial charge in [0.15, 0.2) is 0 Å². The second-order valence-corrected chi connectivity index (χ2v) is 8.98. The fourth-order valence-corrected chi connectivity index (χ4v) is 4.51. The molecule has 33 heavy (non-hydrogen) atoms. The predicted octanol–water partition coefficient (Wildman–Crippen LogP) is 3.76. The maximum absolute atomic E-state index is 11.6. The summed E-state index contributed by atoms with van der Waals surface area (Å²) in [7, 11) is 0. The quantitative estimate of drug-likeness (QED) is 0.461. The summed E-state index contributed by atoms with van der Waals surface area (Å²) in [5, 5.41) is 17.1. The van der Waals surface area contributed by atoms with Crippen molar-refractivity contribution in [3.63, 3.8) is 0 Å². The molecule has 0 unspecified atom stereocenters. The standard InChI is InChI=1S/C24H29ClN6O2/c1-16-2-3-18(14-21(16)22(32)33)15-31(11-8-17-4-6-19(25)7-5-17)20-9-12-30(13-10-20)24-27-23(26)28-29-24/h2-7,14,20H,8-13,15H2,1H3,(H,32,33)(H3,26,27,28,29). The van der Waals surface area contributed by atoms with Crippen LogP contribution in [0.15, 0.2) is 42.5 Å². The predicted molar refractivity (Wildman–Crippen MR) is 130 cm³/mol. The number of H-pyrrole nitrogens is 1. The number of anilines is 2. The van der Waals surface area contributed by atoms with E-state index in [2.05, 4.69) is 37.1 Å². The Balaban J connectivity index is 1.48. The van der Waals surface area contributed by atoms with Gasteiger partial charge in [0.2, 0.25) is 11.9 Å². The monoisotopic (exact) mass is 468 g/mol. The smallest absolute Gasteiger partial charge is 0.335 e. The molecule has 1 fully saturated rings. The maximum Gasteiger partial charge on any atom is 0.335 e. The van der Waals surface area contributed by atoms with E-state index in [4.69, 9.17) is 17.3 Å². The Morgan fingerprint density at radius 3 is 2.55 bits per heavy atom. The van der Waals surface area contributed by atoms with Crippen molar-refractivity contribution in [1.82, 2.24) is 20.1 Å². The zero-order valence-corrected chi connectivity index (χ0v) is 19.4. The summed E-state index contributed by atoms with van der Waals surface area (Å²) >= 11 is 6.04. The summed E-state index contributed by atoms with van der Waals surface area (Å²) in [5.41, 5.74) is 9.06. The molecule has 8 nitrogen and oxygen atoms in total. The number of hydrogen-bond acceptors (Lipinski definition) is 6. The Labute approximate surface area is 198 Å². The van der Waals surface area contributed by atoms with E-state index in [9.17, 15) is 9.90 Å². The van der Waals surface area contributed by atoms with Crippen molar-refractivity contribution in [2.75, 3.05) is 30.3 Å². The first-order valence-electron chi connectivity index (χ1n) is 11.1. The molecular weight excluding hydrogens is 440 g/mol. The first-order chi connectivity index (χ1) is 15.9. The molecule has 0 bridgehead atoms. The van der Waals surface area contributed by atoms with Gasteiger partial charge in [-0.25, -0.2) is 9.89 Å². The Morgan fingerprint density at radius 1 is 1.21 bits per heavy atom. The number of carbonyl (C=O) groups is 1. The van der Waals surface area contributed by atoms with Gasteiger partial charge < -0.3 is 15.7 Å². The lowest BCUT2D eigenvalue weighted by Gasteiger charge is -2.38. The number of aromatic amines is 1. The second kappa shape index (κ2) is 10.2. The van der Waals surface area contributed by atoms with Gasteiger partial charge in [0.25, 0.3) is 0 Å². The minimum absolute atomic E-state index is 0.324. The zero-order chi connectivity index (χ0) is 23.4. The highest BCUT2D eigenvalue weighted by Crippen LogP contribution is 2.23. The molecule has 0 saturated carbocycles. The third-order valence-corrected chi connectivity index (χ3v) is 6.53. The van der Waals surface area contributed by atoms with Crippen LogP contribution in [0.2, 0.25) is 5.02 Å². The molecule has 0 spiro atoms.